The van der Waals surface area contributed by atoms with E-state index in [9.17, 15) is 14.4 Å². The number of benzene rings is 2. The third kappa shape index (κ3) is 4.66. The summed E-state index contributed by atoms with van der Waals surface area (Å²) in [5, 5.41) is 17.0. The number of nitrogens with one attached hydrogen (secondary N) is 1. The molecule has 1 aliphatic heterocycles. The molecular formula is C24H24FN5O3. The van der Waals surface area contributed by atoms with Crippen LogP contribution in [0.2, 0.25) is 0 Å². The van der Waals surface area contributed by atoms with Crippen molar-refractivity contribution in [3.8, 4) is 23.1 Å². The number of anilines is 1. The fraction of sp³-hybridized carbons (Fsp3) is 0.292. The molecule has 0 aliphatic carbocycles. The monoisotopic (exact) mass is 449 g/mol. The van der Waals surface area contributed by atoms with Gasteiger partial charge in [-0.25, -0.2) is 9.07 Å². The average Bonchev–Trinajstić information content (AvgIpc) is 3.19. The number of hydrogen-bond acceptors (Lipinski definition) is 6. The van der Waals surface area contributed by atoms with Gasteiger partial charge >= 0.3 is 0 Å². The van der Waals surface area contributed by atoms with E-state index in [4.69, 9.17) is 15.2 Å². The molecule has 1 saturated heterocycles. The fourth-order valence-electron chi connectivity index (χ4n) is 3.87. The van der Waals surface area contributed by atoms with Gasteiger partial charge in [0.05, 0.1) is 25.3 Å². The Balaban J connectivity index is 1.49. The molecule has 1 aliphatic rings. The summed E-state index contributed by atoms with van der Waals surface area (Å²) in [7, 11) is 1.42. The molecule has 1 atom stereocenters. The maximum atomic E-state index is 13.5. The molecule has 1 aromatic heterocycles. The second-order valence-corrected chi connectivity index (χ2v) is 7.76. The van der Waals surface area contributed by atoms with Crippen LogP contribution < -0.4 is 15.8 Å². The first kappa shape index (κ1) is 22.3. The molecule has 0 bridgehead atoms. The Bertz CT molecular complexity index is 1190. The van der Waals surface area contributed by atoms with Gasteiger partial charge in [-0.3, -0.25) is 4.79 Å². The number of nitriles is 1. The number of carbonyl (C=O) groups is 1. The predicted octanol–water partition coefficient (Wildman–Crippen LogP) is 3.43. The maximum Gasteiger partial charge on any atom is 0.255 e. The van der Waals surface area contributed by atoms with Crippen LogP contribution in [0.1, 0.15) is 40.4 Å². The molecule has 0 spiro atoms. The summed E-state index contributed by atoms with van der Waals surface area (Å²) in [4.78, 5) is 12.5. The van der Waals surface area contributed by atoms with Gasteiger partial charge in [-0.05, 0) is 36.6 Å². The fourth-order valence-corrected chi connectivity index (χ4v) is 3.87. The average molecular weight is 449 g/mol. The molecule has 1 fully saturated rings. The van der Waals surface area contributed by atoms with Crippen LogP contribution in [0.25, 0.3) is 11.3 Å². The van der Waals surface area contributed by atoms with E-state index in [1.807, 2.05) is 24.3 Å². The van der Waals surface area contributed by atoms with Gasteiger partial charge in [0.1, 0.15) is 34.7 Å². The first-order chi connectivity index (χ1) is 16.0. The SMILES string of the molecule is COc1ccc(F)cc1C(=O)NCc1ccc(-c2nn(C3CCCOC3)c(N)c2C#N)cc1. The number of rotatable bonds is 6. The second-order valence-electron chi connectivity index (χ2n) is 7.76. The maximum absolute atomic E-state index is 13.5. The van der Waals surface area contributed by atoms with Crippen molar-refractivity contribution in [3.05, 3.63) is 65.0 Å². The van der Waals surface area contributed by atoms with Crippen molar-refractivity contribution >= 4 is 11.7 Å². The predicted molar refractivity (Wildman–Crippen MR) is 120 cm³/mol. The summed E-state index contributed by atoms with van der Waals surface area (Å²) in [5.41, 5.74) is 8.77. The summed E-state index contributed by atoms with van der Waals surface area (Å²) < 4.78 is 25.9. The van der Waals surface area contributed by atoms with Gasteiger partial charge in [-0.2, -0.15) is 10.4 Å². The quantitative estimate of drug-likeness (QED) is 0.596. The lowest BCUT2D eigenvalue weighted by molar-refractivity contribution is 0.0558. The number of hydrogen-bond donors (Lipinski definition) is 2. The van der Waals surface area contributed by atoms with Gasteiger partial charge in [0.2, 0.25) is 0 Å². The number of carbonyl (C=O) groups excluding carboxylic acids is 1. The molecule has 0 radical (unpaired) electrons. The second kappa shape index (κ2) is 9.71. The molecule has 0 saturated carbocycles. The number of ether oxygens (including phenoxy) is 2. The highest BCUT2D eigenvalue weighted by molar-refractivity contribution is 5.96. The van der Waals surface area contributed by atoms with Crippen molar-refractivity contribution in [2.24, 2.45) is 0 Å². The van der Waals surface area contributed by atoms with Crippen LogP contribution in [-0.4, -0.2) is 36.0 Å². The first-order valence-electron chi connectivity index (χ1n) is 10.6. The van der Waals surface area contributed by atoms with Crippen LogP contribution >= 0.6 is 0 Å². The number of methoxy groups -OCH3 is 1. The molecule has 3 N–H and O–H groups in total. The molecule has 2 heterocycles. The molecule has 1 amide bonds. The van der Waals surface area contributed by atoms with Gasteiger partial charge in [-0.15, -0.1) is 0 Å². The lowest BCUT2D eigenvalue weighted by Crippen LogP contribution is -2.23. The van der Waals surface area contributed by atoms with E-state index in [1.54, 1.807) is 4.68 Å². The molecule has 3 aromatic rings. The van der Waals surface area contributed by atoms with Crippen molar-refractivity contribution in [2.45, 2.75) is 25.4 Å². The number of aromatic nitrogens is 2. The molecule has 4 rings (SSSR count). The lowest BCUT2D eigenvalue weighted by atomic mass is 10.1. The Morgan fingerprint density at radius 3 is 2.82 bits per heavy atom. The zero-order valence-electron chi connectivity index (χ0n) is 18.2. The van der Waals surface area contributed by atoms with Crippen molar-refractivity contribution in [1.29, 1.82) is 5.26 Å². The number of nitrogens with two attached hydrogens (primary N) is 1. The highest BCUT2D eigenvalue weighted by Crippen LogP contribution is 2.31. The standard InChI is InChI=1S/C24H24FN5O3/c1-32-21-9-8-17(25)11-19(21)24(31)28-13-15-4-6-16(7-5-15)22-20(12-26)23(27)30(29-22)18-3-2-10-33-14-18/h4-9,11,18H,2-3,10,13-14,27H2,1H3,(H,28,31). The van der Waals surface area contributed by atoms with Crippen molar-refractivity contribution < 1.29 is 18.7 Å². The highest BCUT2D eigenvalue weighted by atomic mass is 19.1. The van der Waals surface area contributed by atoms with Crippen molar-refractivity contribution in [2.75, 3.05) is 26.1 Å². The van der Waals surface area contributed by atoms with E-state index < -0.39 is 11.7 Å². The highest BCUT2D eigenvalue weighted by Gasteiger charge is 2.24. The Labute approximate surface area is 190 Å². The Hall–Kier alpha value is -3.90. The van der Waals surface area contributed by atoms with Gasteiger partial charge in [-0.1, -0.05) is 24.3 Å². The summed E-state index contributed by atoms with van der Waals surface area (Å²) in [5.74, 6) is -0.325. The topological polar surface area (TPSA) is 115 Å². The van der Waals surface area contributed by atoms with E-state index in [1.165, 1.54) is 19.2 Å². The van der Waals surface area contributed by atoms with Gasteiger partial charge < -0.3 is 20.5 Å². The Kier molecular flexibility index (Phi) is 6.56. The molecule has 2 aromatic carbocycles. The number of nitrogens with zero attached hydrogens (tertiary/aromatic N) is 3. The van der Waals surface area contributed by atoms with Crippen molar-refractivity contribution in [3.63, 3.8) is 0 Å². The van der Waals surface area contributed by atoms with Crippen LogP contribution in [0.3, 0.4) is 0 Å². The zero-order chi connectivity index (χ0) is 23.4. The summed E-state index contributed by atoms with van der Waals surface area (Å²) in [6.07, 6.45) is 1.81. The van der Waals surface area contributed by atoms with Crippen LogP contribution in [0.15, 0.2) is 42.5 Å². The molecular weight excluding hydrogens is 425 g/mol. The van der Waals surface area contributed by atoms with Crippen molar-refractivity contribution in [1.82, 2.24) is 15.1 Å². The van der Waals surface area contributed by atoms with E-state index in [-0.39, 0.29) is 18.2 Å². The van der Waals surface area contributed by atoms with Gasteiger partial charge in [0.25, 0.3) is 5.91 Å². The van der Waals surface area contributed by atoms with E-state index in [0.29, 0.717) is 29.4 Å². The van der Waals surface area contributed by atoms with E-state index >= 15 is 0 Å². The number of amides is 1. The number of halogens is 1. The molecule has 170 valence electrons. The largest absolute Gasteiger partial charge is 0.496 e. The van der Waals surface area contributed by atoms with Crippen LogP contribution in [-0.2, 0) is 11.3 Å². The smallest absolute Gasteiger partial charge is 0.255 e. The minimum absolute atomic E-state index is 0.00824. The molecule has 33 heavy (non-hydrogen) atoms. The summed E-state index contributed by atoms with van der Waals surface area (Å²) in [6.45, 7) is 1.48. The third-order valence-electron chi connectivity index (χ3n) is 5.63. The Morgan fingerprint density at radius 1 is 1.36 bits per heavy atom. The van der Waals surface area contributed by atoms with E-state index in [0.717, 1.165) is 36.6 Å². The normalized spacial score (nSPS) is 15.6. The van der Waals surface area contributed by atoms with E-state index in [2.05, 4.69) is 16.5 Å². The van der Waals surface area contributed by atoms with Crippen LogP contribution in [0.5, 0.6) is 5.75 Å². The molecule has 8 nitrogen and oxygen atoms in total. The number of nitrogen functional groups attached to an aromatic ring is 1. The minimum Gasteiger partial charge on any atom is -0.496 e. The van der Waals surface area contributed by atoms with Crippen LogP contribution in [0.4, 0.5) is 10.2 Å². The summed E-state index contributed by atoms with van der Waals surface area (Å²) in [6, 6.07) is 13.3. The lowest BCUT2D eigenvalue weighted by Gasteiger charge is -2.23. The third-order valence-corrected chi connectivity index (χ3v) is 5.63. The Morgan fingerprint density at radius 2 is 2.15 bits per heavy atom. The van der Waals surface area contributed by atoms with Gasteiger partial charge in [0, 0.05) is 18.7 Å². The summed E-state index contributed by atoms with van der Waals surface area (Å²) >= 11 is 0. The van der Waals surface area contributed by atoms with Gasteiger partial charge in [0.15, 0.2) is 0 Å². The molecule has 1 unspecified atom stereocenters. The minimum atomic E-state index is -0.517. The molecule has 9 heteroatoms. The van der Waals surface area contributed by atoms with Crippen LogP contribution in [0, 0.1) is 17.1 Å². The zero-order valence-corrected chi connectivity index (χ0v) is 18.2. The first-order valence-corrected chi connectivity index (χ1v) is 10.6.